The predicted octanol–water partition coefficient (Wildman–Crippen LogP) is 1.01. The maximum absolute atomic E-state index is 9.05. The van der Waals surface area contributed by atoms with Crippen molar-refractivity contribution in [2.75, 3.05) is 40.5 Å². The van der Waals surface area contributed by atoms with Crippen molar-refractivity contribution in [2.45, 2.75) is 6.54 Å². The average molecular weight is 264 g/mol. The molecule has 0 unspecified atom stereocenters. The van der Waals surface area contributed by atoms with E-state index in [4.69, 9.17) is 19.8 Å². The fourth-order valence-electron chi connectivity index (χ4n) is 1.82. The van der Waals surface area contributed by atoms with Crippen LogP contribution in [-0.4, -0.2) is 50.5 Å². The number of nitrogens with zero attached hydrogens (tertiary/aromatic N) is 2. The number of aliphatic hydroxyl groups is 1. The molecule has 0 radical (unpaired) electrons. The van der Waals surface area contributed by atoms with Crippen molar-refractivity contribution in [3.63, 3.8) is 0 Å². The van der Waals surface area contributed by atoms with Crippen molar-refractivity contribution in [1.29, 1.82) is 5.26 Å². The van der Waals surface area contributed by atoms with Crippen molar-refractivity contribution in [3.8, 4) is 11.8 Å². The molecule has 0 aromatic heterocycles. The summed E-state index contributed by atoms with van der Waals surface area (Å²) >= 11 is 0. The van der Waals surface area contributed by atoms with Gasteiger partial charge in [-0.15, -0.1) is 0 Å². The third-order valence-electron chi connectivity index (χ3n) is 2.82. The van der Waals surface area contributed by atoms with E-state index in [0.717, 1.165) is 12.1 Å². The number of methoxy groups -OCH3 is 2. The second kappa shape index (κ2) is 8.48. The predicted molar refractivity (Wildman–Crippen MR) is 71.9 cm³/mol. The maximum Gasteiger partial charge on any atom is 0.136 e. The maximum atomic E-state index is 9.05. The fourth-order valence-corrected chi connectivity index (χ4v) is 1.82. The molecule has 0 amide bonds. The SMILES string of the molecule is COCCN(CCO)Cc1ccc(C#N)c(OC)c1. The molecule has 0 spiro atoms. The Labute approximate surface area is 114 Å². The van der Waals surface area contributed by atoms with E-state index in [2.05, 4.69) is 11.0 Å². The van der Waals surface area contributed by atoms with Gasteiger partial charge in [0.15, 0.2) is 0 Å². The lowest BCUT2D eigenvalue weighted by molar-refractivity contribution is 0.127. The number of rotatable bonds is 8. The Morgan fingerprint density at radius 2 is 2.11 bits per heavy atom. The van der Waals surface area contributed by atoms with Crippen molar-refractivity contribution in [2.24, 2.45) is 0 Å². The molecule has 0 atom stereocenters. The molecule has 1 N–H and O–H groups in total. The first-order valence-corrected chi connectivity index (χ1v) is 6.14. The first-order chi connectivity index (χ1) is 9.24. The van der Waals surface area contributed by atoms with Crippen LogP contribution in [0.1, 0.15) is 11.1 Å². The Bertz CT molecular complexity index is 429. The lowest BCUT2D eigenvalue weighted by Gasteiger charge is -2.21. The van der Waals surface area contributed by atoms with Crippen molar-refractivity contribution in [3.05, 3.63) is 29.3 Å². The third kappa shape index (κ3) is 4.87. The quantitative estimate of drug-likeness (QED) is 0.759. The van der Waals surface area contributed by atoms with Gasteiger partial charge in [-0.3, -0.25) is 4.90 Å². The van der Waals surface area contributed by atoms with E-state index in [1.54, 1.807) is 20.3 Å². The van der Waals surface area contributed by atoms with Crippen LogP contribution in [0.15, 0.2) is 18.2 Å². The molecular weight excluding hydrogens is 244 g/mol. The van der Waals surface area contributed by atoms with Gasteiger partial charge in [0.25, 0.3) is 0 Å². The molecule has 0 bridgehead atoms. The van der Waals surface area contributed by atoms with E-state index in [0.29, 0.717) is 31.0 Å². The number of hydrogen-bond acceptors (Lipinski definition) is 5. The molecule has 0 heterocycles. The van der Waals surface area contributed by atoms with Crippen molar-refractivity contribution < 1.29 is 14.6 Å². The van der Waals surface area contributed by atoms with Gasteiger partial charge < -0.3 is 14.6 Å². The molecule has 104 valence electrons. The fraction of sp³-hybridized carbons (Fsp3) is 0.500. The monoisotopic (exact) mass is 264 g/mol. The van der Waals surface area contributed by atoms with E-state index < -0.39 is 0 Å². The number of hydrogen-bond donors (Lipinski definition) is 1. The van der Waals surface area contributed by atoms with Gasteiger partial charge in [-0.25, -0.2) is 0 Å². The van der Waals surface area contributed by atoms with Gasteiger partial charge in [0.1, 0.15) is 11.8 Å². The van der Waals surface area contributed by atoms with Gasteiger partial charge in [0.2, 0.25) is 0 Å². The highest BCUT2D eigenvalue weighted by Gasteiger charge is 2.08. The second-order valence-electron chi connectivity index (χ2n) is 4.14. The summed E-state index contributed by atoms with van der Waals surface area (Å²) in [5.41, 5.74) is 1.57. The van der Waals surface area contributed by atoms with Crippen LogP contribution in [0.4, 0.5) is 0 Å². The molecule has 5 nitrogen and oxygen atoms in total. The molecule has 0 aliphatic carbocycles. The zero-order valence-corrected chi connectivity index (χ0v) is 11.4. The van der Waals surface area contributed by atoms with E-state index >= 15 is 0 Å². The summed E-state index contributed by atoms with van der Waals surface area (Å²) < 4.78 is 10.2. The molecule has 1 aromatic rings. The number of nitriles is 1. The first kappa shape index (κ1) is 15.4. The Morgan fingerprint density at radius 3 is 2.68 bits per heavy atom. The summed E-state index contributed by atoms with van der Waals surface area (Å²) in [7, 11) is 3.21. The van der Waals surface area contributed by atoms with E-state index in [1.165, 1.54) is 0 Å². The van der Waals surface area contributed by atoms with Gasteiger partial charge in [0, 0.05) is 26.7 Å². The van der Waals surface area contributed by atoms with Gasteiger partial charge in [-0.05, 0) is 17.7 Å². The smallest absolute Gasteiger partial charge is 0.136 e. The topological polar surface area (TPSA) is 65.7 Å². The van der Waals surface area contributed by atoms with Gasteiger partial charge in [-0.2, -0.15) is 5.26 Å². The molecule has 0 aliphatic heterocycles. The Hall–Kier alpha value is -1.61. The Balaban J connectivity index is 2.75. The van der Waals surface area contributed by atoms with Crippen LogP contribution in [0.2, 0.25) is 0 Å². The number of ether oxygens (including phenoxy) is 2. The Kier molecular flexibility index (Phi) is 6.90. The molecule has 0 saturated heterocycles. The minimum Gasteiger partial charge on any atom is -0.495 e. The van der Waals surface area contributed by atoms with E-state index in [-0.39, 0.29) is 6.61 Å². The number of benzene rings is 1. The molecule has 1 aromatic carbocycles. The molecule has 0 fully saturated rings. The third-order valence-corrected chi connectivity index (χ3v) is 2.82. The highest BCUT2D eigenvalue weighted by atomic mass is 16.5. The number of aliphatic hydroxyl groups excluding tert-OH is 1. The minimum absolute atomic E-state index is 0.108. The summed E-state index contributed by atoms with van der Waals surface area (Å²) in [6.07, 6.45) is 0. The largest absolute Gasteiger partial charge is 0.495 e. The summed E-state index contributed by atoms with van der Waals surface area (Å²) in [6, 6.07) is 7.60. The highest BCUT2D eigenvalue weighted by Crippen LogP contribution is 2.20. The van der Waals surface area contributed by atoms with Crippen molar-refractivity contribution >= 4 is 0 Å². The van der Waals surface area contributed by atoms with Crippen LogP contribution in [0.3, 0.4) is 0 Å². The van der Waals surface area contributed by atoms with E-state index in [1.807, 2.05) is 12.1 Å². The lowest BCUT2D eigenvalue weighted by atomic mass is 10.1. The van der Waals surface area contributed by atoms with Crippen molar-refractivity contribution in [1.82, 2.24) is 4.90 Å². The highest BCUT2D eigenvalue weighted by molar-refractivity contribution is 5.45. The summed E-state index contributed by atoms with van der Waals surface area (Å²) in [4.78, 5) is 2.09. The van der Waals surface area contributed by atoms with Crippen LogP contribution >= 0.6 is 0 Å². The van der Waals surface area contributed by atoms with Gasteiger partial charge >= 0.3 is 0 Å². The normalized spacial score (nSPS) is 10.5. The van der Waals surface area contributed by atoms with Crippen LogP contribution in [0.5, 0.6) is 5.75 Å². The van der Waals surface area contributed by atoms with Crippen LogP contribution in [0, 0.1) is 11.3 Å². The minimum atomic E-state index is 0.108. The molecule has 0 saturated carbocycles. The standard InChI is InChI=1S/C14H20N2O3/c1-18-8-6-16(5-7-17)11-12-3-4-13(10-15)14(9-12)19-2/h3-4,9,17H,5-8,11H2,1-2H3. The lowest BCUT2D eigenvalue weighted by Crippen LogP contribution is -2.29. The van der Waals surface area contributed by atoms with Gasteiger partial charge in [0.05, 0.1) is 25.9 Å². The molecular formula is C14H20N2O3. The van der Waals surface area contributed by atoms with E-state index in [9.17, 15) is 0 Å². The van der Waals surface area contributed by atoms with Crippen LogP contribution < -0.4 is 4.74 Å². The summed E-state index contributed by atoms with van der Waals surface area (Å²) in [5.74, 6) is 0.579. The second-order valence-corrected chi connectivity index (χ2v) is 4.14. The molecule has 0 aliphatic rings. The van der Waals surface area contributed by atoms with Crippen LogP contribution in [0.25, 0.3) is 0 Å². The summed E-state index contributed by atoms with van der Waals surface area (Å²) in [5, 5.41) is 18.0. The van der Waals surface area contributed by atoms with Gasteiger partial charge in [-0.1, -0.05) is 6.07 Å². The average Bonchev–Trinajstić information content (AvgIpc) is 2.44. The Morgan fingerprint density at radius 1 is 1.32 bits per heavy atom. The molecule has 1 rings (SSSR count). The zero-order chi connectivity index (χ0) is 14.1. The zero-order valence-electron chi connectivity index (χ0n) is 11.4. The summed E-state index contributed by atoms with van der Waals surface area (Å²) in [6.45, 7) is 2.75. The molecule has 5 heteroatoms. The molecule has 19 heavy (non-hydrogen) atoms. The van der Waals surface area contributed by atoms with Crippen LogP contribution in [-0.2, 0) is 11.3 Å². The first-order valence-electron chi connectivity index (χ1n) is 6.14.